The molecule has 0 aromatic heterocycles. The summed E-state index contributed by atoms with van der Waals surface area (Å²) in [6.07, 6.45) is 11.1. The second kappa shape index (κ2) is 6.36. The monoisotopic (exact) mass is 248 g/mol. The van der Waals surface area contributed by atoms with Crippen molar-refractivity contribution in [3.8, 4) is 0 Å². The van der Waals surface area contributed by atoms with Crippen LogP contribution in [0.4, 0.5) is 4.39 Å². The van der Waals surface area contributed by atoms with Crippen molar-refractivity contribution in [3.05, 3.63) is 35.6 Å². The smallest absolute Gasteiger partial charge is 0.126 e. The molecule has 0 spiro atoms. The molecular formula is C17H25F. The molecule has 0 bridgehead atoms. The molecule has 1 aromatic rings. The first-order valence-corrected chi connectivity index (χ1v) is 7.53. The first-order valence-electron chi connectivity index (χ1n) is 7.53. The van der Waals surface area contributed by atoms with Gasteiger partial charge in [0.2, 0.25) is 0 Å². The average Bonchev–Trinajstić information content (AvgIpc) is 2.40. The normalized spacial score (nSPS) is 18.8. The quantitative estimate of drug-likeness (QED) is 0.594. The third-order valence-electron chi connectivity index (χ3n) is 4.51. The van der Waals surface area contributed by atoms with Gasteiger partial charge in [0.05, 0.1) is 0 Å². The summed E-state index contributed by atoms with van der Waals surface area (Å²) in [4.78, 5) is 0. The van der Waals surface area contributed by atoms with Gasteiger partial charge in [-0.1, -0.05) is 63.6 Å². The van der Waals surface area contributed by atoms with Crippen molar-refractivity contribution in [2.75, 3.05) is 0 Å². The predicted octanol–water partition coefficient (Wildman–Crippen LogP) is 5.61. The van der Waals surface area contributed by atoms with E-state index in [1.54, 1.807) is 12.1 Å². The first-order chi connectivity index (χ1) is 8.78. The van der Waals surface area contributed by atoms with E-state index in [-0.39, 0.29) is 11.2 Å². The molecule has 1 heteroatoms. The van der Waals surface area contributed by atoms with Crippen LogP contribution in [0.5, 0.6) is 0 Å². The largest absolute Gasteiger partial charge is 0.207 e. The van der Waals surface area contributed by atoms with Crippen LogP contribution in [0.25, 0.3) is 0 Å². The van der Waals surface area contributed by atoms with Gasteiger partial charge in [-0.05, 0) is 36.3 Å². The van der Waals surface area contributed by atoms with Gasteiger partial charge in [0.25, 0.3) is 0 Å². The van der Waals surface area contributed by atoms with E-state index in [2.05, 4.69) is 6.92 Å². The third-order valence-corrected chi connectivity index (χ3v) is 4.51. The van der Waals surface area contributed by atoms with Crippen molar-refractivity contribution < 1.29 is 4.39 Å². The summed E-state index contributed by atoms with van der Waals surface area (Å²) in [5, 5.41) is 0. The second-order valence-electron chi connectivity index (χ2n) is 5.78. The third kappa shape index (κ3) is 2.93. The Morgan fingerprint density at radius 1 is 1.06 bits per heavy atom. The molecule has 1 aliphatic rings. The van der Waals surface area contributed by atoms with Gasteiger partial charge in [-0.25, -0.2) is 4.39 Å². The summed E-state index contributed by atoms with van der Waals surface area (Å²) in [5.74, 6) is 0.0101. The zero-order chi connectivity index (χ0) is 12.8. The minimum atomic E-state index is 0.0101. The van der Waals surface area contributed by atoms with Crippen LogP contribution in [0, 0.1) is 5.82 Å². The van der Waals surface area contributed by atoms with Gasteiger partial charge in [-0.2, -0.15) is 0 Å². The molecule has 1 saturated carbocycles. The van der Waals surface area contributed by atoms with Crippen molar-refractivity contribution >= 4 is 0 Å². The van der Waals surface area contributed by atoms with Gasteiger partial charge in [0.1, 0.15) is 5.82 Å². The fraction of sp³-hybridized carbons (Fsp3) is 0.647. The molecule has 1 fully saturated rings. The number of rotatable bonds is 5. The van der Waals surface area contributed by atoms with E-state index in [0.717, 1.165) is 5.56 Å². The summed E-state index contributed by atoms with van der Waals surface area (Å²) in [7, 11) is 0. The summed E-state index contributed by atoms with van der Waals surface area (Å²) in [6, 6.07) is 7.45. The molecule has 0 N–H and O–H groups in total. The molecule has 0 atom stereocenters. The number of benzene rings is 1. The van der Waals surface area contributed by atoms with Crippen LogP contribution in [-0.2, 0) is 5.41 Å². The molecule has 0 aliphatic heterocycles. The molecule has 0 radical (unpaired) electrons. The van der Waals surface area contributed by atoms with Crippen molar-refractivity contribution in [3.63, 3.8) is 0 Å². The fourth-order valence-electron chi connectivity index (χ4n) is 3.49. The lowest BCUT2D eigenvalue weighted by molar-refractivity contribution is 0.258. The highest BCUT2D eigenvalue weighted by molar-refractivity contribution is 5.27. The highest BCUT2D eigenvalue weighted by atomic mass is 19.1. The Balaban J connectivity index is 2.21. The van der Waals surface area contributed by atoms with Crippen LogP contribution >= 0.6 is 0 Å². The highest BCUT2D eigenvalue weighted by Gasteiger charge is 2.35. The van der Waals surface area contributed by atoms with Crippen LogP contribution in [0.2, 0.25) is 0 Å². The molecule has 2 rings (SSSR count). The zero-order valence-electron chi connectivity index (χ0n) is 11.6. The number of halogens is 1. The lowest BCUT2D eigenvalue weighted by Gasteiger charge is -2.38. The maximum Gasteiger partial charge on any atom is 0.126 e. The van der Waals surface area contributed by atoms with Gasteiger partial charge in [0.15, 0.2) is 0 Å². The highest BCUT2D eigenvalue weighted by Crippen LogP contribution is 2.44. The Labute approximate surface area is 111 Å². The summed E-state index contributed by atoms with van der Waals surface area (Å²) in [5.41, 5.74) is 1.12. The van der Waals surface area contributed by atoms with Crippen LogP contribution < -0.4 is 0 Å². The molecule has 0 nitrogen and oxygen atoms in total. The molecule has 1 aliphatic carbocycles. The van der Waals surface area contributed by atoms with Gasteiger partial charge >= 0.3 is 0 Å². The van der Waals surface area contributed by atoms with Gasteiger partial charge in [0, 0.05) is 0 Å². The van der Waals surface area contributed by atoms with Crippen molar-refractivity contribution in [2.24, 2.45) is 0 Å². The zero-order valence-corrected chi connectivity index (χ0v) is 11.6. The molecule has 0 saturated heterocycles. The Morgan fingerprint density at radius 3 is 2.44 bits per heavy atom. The van der Waals surface area contributed by atoms with E-state index in [9.17, 15) is 4.39 Å². The molecule has 0 unspecified atom stereocenters. The summed E-state index contributed by atoms with van der Waals surface area (Å²) >= 11 is 0. The second-order valence-corrected chi connectivity index (χ2v) is 5.78. The standard InChI is InChI=1S/C17H25F/c1-2-3-7-12-17(13-8-4-9-14-17)15-10-5-6-11-16(15)18/h5-6,10-11H,2-4,7-9,12-14H2,1H3. The molecular weight excluding hydrogens is 223 g/mol. The maximum atomic E-state index is 14.1. The van der Waals surface area contributed by atoms with E-state index < -0.39 is 0 Å². The predicted molar refractivity (Wildman–Crippen MR) is 75.3 cm³/mol. The lowest BCUT2D eigenvalue weighted by atomic mass is 9.66. The maximum absolute atomic E-state index is 14.1. The molecule has 0 heterocycles. The van der Waals surface area contributed by atoms with Crippen molar-refractivity contribution in [1.82, 2.24) is 0 Å². The lowest BCUT2D eigenvalue weighted by Crippen LogP contribution is -2.30. The Bertz CT molecular complexity index is 364. The van der Waals surface area contributed by atoms with Gasteiger partial charge in [-0.15, -0.1) is 0 Å². The number of hydrogen-bond acceptors (Lipinski definition) is 0. The fourth-order valence-corrected chi connectivity index (χ4v) is 3.49. The molecule has 0 amide bonds. The average molecular weight is 248 g/mol. The minimum Gasteiger partial charge on any atom is -0.207 e. The Morgan fingerprint density at radius 2 is 1.78 bits per heavy atom. The number of unbranched alkanes of at least 4 members (excludes halogenated alkanes) is 2. The van der Waals surface area contributed by atoms with Crippen LogP contribution in [0.15, 0.2) is 24.3 Å². The van der Waals surface area contributed by atoms with E-state index >= 15 is 0 Å². The van der Waals surface area contributed by atoms with Gasteiger partial charge < -0.3 is 0 Å². The molecule has 1 aromatic carbocycles. The summed E-state index contributed by atoms with van der Waals surface area (Å²) in [6.45, 7) is 2.23. The topological polar surface area (TPSA) is 0 Å². The first kappa shape index (κ1) is 13.6. The Hall–Kier alpha value is -0.850. The van der Waals surface area contributed by atoms with Gasteiger partial charge in [-0.3, -0.25) is 0 Å². The van der Waals surface area contributed by atoms with Crippen LogP contribution in [0.1, 0.15) is 70.3 Å². The minimum absolute atomic E-state index is 0.0101. The van der Waals surface area contributed by atoms with E-state index in [1.807, 2.05) is 12.1 Å². The van der Waals surface area contributed by atoms with E-state index in [4.69, 9.17) is 0 Å². The van der Waals surface area contributed by atoms with E-state index in [0.29, 0.717) is 0 Å². The van der Waals surface area contributed by atoms with Crippen molar-refractivity contribution in [1.29, 1.82) is 0 Å². The molecule has 18 heavy (non-hydrogen) atoms. The van der Waals surface area contributed by atoms with E-state index in [1.165, 1.54) is 57.8 Å². The summed E-state index contributed by atoms with van der Waals surface area (Å²) < 4.78 is 14.1. The van der Waals surface area contributed by atoms with Crippen LogP contribution in [-0.4, -0.2) is 0 Å². The molecule has 100 valence electrons. The Kier molecular flexibility index (Phi) is 4.79. The van der Waals surface area contributed by atoms with Crippen molar-refractivity contribution in [2.45, 2.75) is 70.1 Å². The SMILES string of the molecule is CCCCCC1(c2ccccc2F)CCCCC1. The number of hydrogen-bond donors (Lipinski definition) is 0. The van der Waals surface area contributed by atoms with Crippen LogP contribution in [0.3, 0.4) is 0 Å².